The first-order valence-electron chi connectivity index (χ1n) is 6.12. The number of benzene rings is 1. The van der Waals surface area contributed by atoms with Crippen molar-refractivity contribution in [1.82, 2.24) is 0 Å². The van der Waals surface area contributed by atoms with Crippen LogP contribution < -0.4 is 4.74 Å². The van der Waals surface area contributed by atoms with Gasteiger partial charge in [-0.05, 0) is 30.2 Å². The third-order valence-corrected chi connectivity index (χ3v) is 2.81. The van der Waals surface area contributed by atoms with Gasteiger partial charge in [-0.1, -0.05) is 38.5 Å². The Labute approximate surface area is 104 Å². The summed E-state index contributed by atoms with van der Waals surface area (Å²) < 4.78 is 5.71. The van der Waals surface area contributed by atoms with Crippen LogP contribution in [0.1, 0.15) is 32.3 Å². The normalized spacial score (nSPS) is 9.88. The Bertz CT molecular complexity index is 366. The van der Waals surface area contributed by atoms with Gasteiger partial charge in [0, 0.05) is 5.56 Å². The van der Waals surface area contributed by atoms with E-state index in [1.54, 1.807) is 0 Å². The highest BCUT2D eigenvalue weighted by Crippen LogP contribution is 2.15. The van der Waals surface area contributed by atoms with E-state index < -0.39 is 0 Å². The summed E-state index contributed by atoms with van der Waals surface area (Å²) in [6, 6.07) is 7.66. The lowest BCUT2D eigenvalue weighted by Crippen LogP contribution is -2.09. The molecular weight excluding hydrogens is 212 g/mol. The van der Waals surface area contributed by atoms with E-state index in [0.29, 0.717) is 5.92 Å². The summed E-state index contributed by atoms with van der Waals surface area (Å²) in [4.78, 5) is 0. The van der Waals surface area contributed by atoms with Gasteiger partial charge in [-0.2, -0.15) is 0 Å². The molecule has 0 spiro atoms. The maximum absolute atomic E-state index is 8.58. The lowest BCUT2D eigenvalue weighted by molar-refractivity contribution is 0.240. The van der Waals surface area contributed by atoms with Crippen molar-refractivity contribution in [2.75, 3.05) is 13.2 Å². The van der Waals surface area contributed by atoms with Crippen molar-refractivity contribution in [1.29, 1.82) is 0 Å². The van der Waals surface area contributed by atoms with E-state index in [9.17, 15) is 0 Å². The highest BCUT2D eigenvalue weighted by Gasteiger charge is 2.03. The van der Waals surface area contributed by atoms with Gasteiger partial charge in [-0.15, -0.1) is 0 Å². The zero-order chi connectivity index (χ0) is 12.5. The quantitative estimate of drug-likeness (QED) is 0.791. The summed E-state index contributed by atoms with van der Waals surface area (Å²) >= 11 is 0. The van der Waals surface area contributed by atoms with Crippen LogP contribution in [0.25, 0.3) is 0 Å². The van der Waals surface area contributed by atoms with Gasteiger partial charge in [0.05, 0.1) is 6.61 Å². The van der Waals surface area contributed by atoms with Crippen molar-refractivity contribution < 1.29 is 9.84 Å². The van der Waals surface area contributed by atoms with E-state index in [2.05, 4.69) is 25.7 Å². The first-order valence-corrected chi connectivity index (χ1v) is 6.12. The molecule has 0 fully saturated rings. The molecule has 0 saturated heterocycles. The van der Waals surface area contributed by atoms with Gasteiger partial charge in [-0.25, -0.2) is 0 Å². The summed E-state index contributed by atoms with van der Waals surface area (Å²) in [6.45, 7) is 5.04. The van der Waals surface area contributed by atoms with E-state index in [1.165, 1.54) is 0 Å². The SMILES string of the molecule is CCC(CC)COc1ccc(C#CCO)cc1. The van der Waals surface area contributed by atoms with E-state index in [-0.39, 0.29) is 6.61 Å². The van der Waals surface area contributed by atoms with Crippen LogP contribution in [0.4, 0.5) is 0 Å². The van der Waals surface area contributed by atoms with Crippen molar-refractivity contribution in [3.63, 3.8) is 0 Å². The minimum atomic E-state index is -0.104. The van der Waals surface area contributed by atoms with Gasteiger partial charge < -0.3 is 9.84 Å². The van der Waals surface area contributed by atoms with Crippen LogP contribution in [-0.2, 0) is 0 Å². The molecule has 0 radical (unpaired) electrons. The molecule has 2 heteroatoms. The molecule has 1 aromatic carbocycles. The minimum absolute atomic E-state index is 0.104. The Morgan fingerprint density at radius 3 is 2.35 bits per heavy atom. The largest absolute Gasteiger partial charge is 0.493 e. The predicted octanol–water partition coefficient (Wildman–Crippen LogP) is 2.85. The van der Waals surface area contributed by atoms with Gasteiger partial charge in [0.2, 0.25) is 0 Å². The summed E-state index contributed by atoms with van der Waals surface area (Å²) in [5.41, 5.74) is 0.897. The van der Waals surface area contributed by atoms with Crippen LogP contribution in [0.5, 0.6) is 5.75 Å². The first kappa shape index (κ1) is 13.6. The van der Waals surface area contributed by atoms with E-state index in [4.69, 9.17) is 9.84 Å². The summed E-state index contributed by atoms with van der Waals surface area (Å²) in [7, 11) is 0. The van der Waals surface area contributed by atoms with Crippen molar-refractivity contribution in [2.24, 2.45) is 5.92 Å². The molecular formula is C15H20O2. The molecule has 0 saturated carbocycles. The van der Waals surface area contributed by atoms with Gasteiger partial charge in [0.25, 0.3) is 0 Å². The van der Waals surface area contributed by atoms with Gasteiger partial charge in [-0.3, -0.25) is 0 Å². The Hall–Kier alpha value is -1.46. The molecule has 1 aromatic rings. The summed E-state index contributed by atoms with van der Waals surface area (Å²) in [5.74, 6) is 6.98. The number of aliphatic hydroxyl groups is 1. The standard InChI is InChI=1S/C15H20O2/c1-3-13(4-2)12-17-15-9-7-14(8-10-15)6-5-11-16/h7-10,13,16H,3-4,11-12H2,1-2H3. The van der Waals surface area contributed by atoms with Gasteiger partial charge >= 0.3 is 0 Å². The Kier molecular flexibility index (Phi) is 6.21. The summed E-state index contributed by atoms with van der Waals surface area (Å²) in [6.07, 6.45) is 2.30. The topological polar surface area (TPSA) is 29.5 Å². The van der Waals surface area contributed by atoms with Crippen LogP contribution in [0.15, 0.2) is 24.3 Å². The average molecular weight is 232 g/mol. The van der Waals surface area contributed by atoms with Crippen molar-refractivity contribution in [3.8, 4) is 17.6 Å². The van der Waals surface area contributed by atoms with Crippen LogP contribution in [0, 0.1) is 17.8 Å². The fourth-order valence-electron chi connectivity index (χ4n) is 1.51. The molecule has 1 rings (SSSR count). The monoisotopic (exact) mass is 232 g/mol. The van der Waals surface area contributed by atoms with Crippen LogP contribution in [0.2, 0.25) is 0 Å². The van der Waals surface area contributed by atoms with Gasteiger partial charge in [0.15, 0.2) is 0 Å². The summed E-state index contributed by atoms with van der Waals surface area (Å²) in [5, 5.41) is 8.58. The maximum atomic E-state index is 8.58. The van der Waals surface area contributed by atoms with Crippen molar-refractivity contribution >= 4 is 0 Å². The highest BCUT2D eigenvalue weighted by molar-refractivity contribution is 5.38. The molecule has 0 aliphatic rings. The highest BCUT2D eigenvalue weighted by atomic mass is 16.5. The Morgan fingerprint density at radius 2 is 1.82 bits per heavy atom. The zero-order valence-electron chi connectivity index (χ0n) is 10.6. The number of hydrogen-bond donors (Lipinski definition) is 1. The second-order valence-corrected chi connectivity index (χ2v) is 3.98. The molecule has 0 atom stereocenters. The fraction of sp³-hybridized carbons (Fsp3) is 0.467. The maximum Gasteiger partial charge on any atom is 0.119 e. The fourth-order valence-corrected chi connectivity index (χ4v) is 1.51. The van der Waals surface area contributed by atoms with E-state index in [0.717, 1.165) is 30.8 Å². The number of rotatable bonds is 5. The smallest absolute Gasteiger partial charge is 0.119 e. The lowest BCUT2D eigenvalue weighted by atomic mass is 10.1. The number of aliphatic hydroxyl groups excluding tert-OH is 1. The van der Waals surface area contributed by atoms with Crippen molar-refractivity contribution in [2.45, 2.75) is 26.7 Å². The molecule has 17 heavy (non-hydrogen) atoms. The lowest BCUT2D eigenvalue weighted by Gasteiger charge is -2.13. The molecule has 0 aromatic heterocycles. The molecule has 0 aliphatic heterocycles. The molecule has 0 heterocycles. The molecule has 1 N–H and O–H groups in total. The number of ether oxygens (including phenoxy) is 1. The van der Waals surface area contributed by atoms with Crippen LogP contribution in [0.3, 0.4) is 0 Å². The molecule has 92 valence electrons. The van der Waals surface area contributed by atoms with E-state index in [1.807, 2.05) is 24.3 Å². The molecule has 0 aliphatic carbocycles. The van der Waals surface area contributed by atoms with Crippen molar-refractivity contribution in [3.05, 3.63) is 29.8 Å². The van der Waals surface area contributed by atoms with E-state index >= 15 is 0 Å². The molecule has 2 nitrogen and oxygen atoms in total. The molecule has 0 bridgehead atoms. The molecule has 0 amide bonds. The Balaban J connectivity index is 2.50. The second-order valence-electron chi connectivity index (χ2n) is 3.98. The number of hydrogen-bond acceptors (Lipinski definition) is 2. The third kappa shape index (κ3) is 4.93. The van der Waals surface area contributed by atoms with Crippen LogP contribution in [-0.4, -0.2) is 18.3 Å². The second kappa shape index (κ2) is 7.76. The predicted molar refractivity (Wildman–Crippen MR) is 70.0 cm³/mol. The minimum Gasteiger partial charge on any atom is -0.493 e. The Morgan fingerprint density at radius 1 is 1.18 bits per heavy atom. The first-order chi connectivity index (χ1) is 8.30. The zero-order valence-corrected chi connectivity index (χ0v) is 10.6. The third-order valence-electron chi connectivity index (χ3n) is 2.81. The average Bonchev–Trinajstić information content (AvgIpc) is 2.39. The van der Waals surface area contributed by atoms with Gasteiger partial charge in [0.1, 0.15) is 12.4 Å². The van der Waals surface area contributed by atoms with Crippen LogP contribution >= 0.6 is 0 Å². The molecule has 0 unspecified atom stereocenters.